The predicted octanol–water partition coefficient (Wildman–Crippen LogP) is 6.58. The van der Waals surface area contributed by atoms with Crippen LogP contribution in [0.25, 0.3) is 22.0 Å². The lowest BCUT2D eigenvalue weighted by Crippen LogP contribution is -2.61. The van der Waals surface area contributed by atoms with Crippen molar-refractivity contribution < 1.29 is 37.3 Å². The number of piperidine rings is 2. The minimum Gasteiger partial charge on any atom is -0.508 e. The van der Waals surface area contributed by atoms with Crippen molar-refractivity contribution >= 4 is 34.2 Å². The Balaban J connectivity index is 1.32. The number of ether oxygens (including phenoxy) is 3. The predicted molar refractivity (Wildman–Crippen MR) is 188 cm³/mol. The highest BCUT2D eigenvalue weighted by Crippen LogP contribution is 2.53. The number of aromatic nitrogens is 2. The number of alkyl halides is 3. The molecule has 51 heavy (non-hydrogen) atoms. The van der Waals surface area contributed by atoms with E-state index in [-0.39, 0.29) is 51.4 Å². The summed E-state index contributed by atoms with van der Waals surface area (Å²) in [6, 6.07) is 6.45. The lowest BCUT2D eigenvalue weighted by atomic mass is 9.72. The fraction of sp³-hybridized carbons (Fsp3) is 0.541. The lowest BCUT2D eigenvalue weighted by molar-refractivity contribution is -0.153. The SMILES string of the molecule is C=CC(=O)N1CC2(CCN(c3nc(OC4CCN(CCOC)CC4)nc4c(OCC(F)(F)F)c(-c5cc(O)ccc5Cl)c(C5CC5)cc34)CC2)C1. The molecule has 1 aromatic heterocycles. The molecule has 14 heteroatoms. The first-order valence-electron chi connectivity index (χ1n) is 17.6. The van der Waals surface area contributed by atoms with Crippen molar-refractivity contribution in [2.75, 3.05) is 71.0 Å². The van der Waals surface area contributed by atoms with Crippen LogP contribution >= 0.6 is 11.6 Å². The van der Waals surface area contributed by atoms with Gasteiger partial charge in [0.15, 0.2) is 12.4 Å². The van der Waals surface area contributed by atoms with E-state index in [4.69, 9.17) is 35.8 Å². The number of halogens is 4. The van der Waals surface area contributed by atoms with Crippen LogP contribution in [0.15, 0.2) is 36.9 Å². The number of likely N-dealkylation sites (tertiary alicyclic amines) is 2. The number of nitrogens with zero attached hydrogens (tertiary/aromatic N) is 5. The van der Waals surface area contributed by atoms with E-state index in [2.05, 4.69) is 16.4 Å². The number of phenolic OH excluding ortho intramolecular Hbond substituents is 1. The number of aromatic hydroxyl groups is 1. The zero-order chi connectivity index (χ0) is 35.9. The molecule has 2 aromatic carbocycles. The molecule has 4 aliphatic rings. The van der Waals surface area contributed by atoms with Gasteiger partial charge in [0, 0.05) is 79.9 Å². The van der Waals surface area contributed by atoms with E-state index in [1.165, 1.54) is 24.3 Å². The molecule has 0 unspecified atom stereocenters. The second kappa shape index (κ2) is 14.3. The fourth-order valence-corrected chi connectivity index (χ4v) is 7.90. The van der Waals surface area contributed by atoms with E-state index in [0.717, 1.165) is 63.7 Å². The summed E-state index contributed by atoms with van der Waals surface area (Å²) >= 11 is 6.69. The summed E-state index contributed by atoms with van der Waals surface area (Å²) in [6.45, 7) is 7.75. The van der Waals surface area contributed by atoms with E-state index in [0.29, 0.717) is 55.1 Å². The van der Waals surface area contributed by atoms with Gasteiger partial charge in [-0.15, -0.1) is 0 Å². The van der Waals surface area contributed by atoms with Crippen molar-refractivity contribution in [1.29, 1.82) is 0 Å². The molecule has 3 aliphatic heterocycles. The first kappa shape index (κ1) is 35.6. The van der Waals surface area contributed by atoms with Crippen LogP contribution in [0.5, 0.6) is 17.5 Å². The minimum atomic E-state index is -4.63. The van der Waals surface area contributed by atoms with Gasteiger partial charge >= 0.3 is 12.2 Å². The normalized spacial score (nSPS) is 19.7. The Kier molecular flexibility index (Phi) is 9.98. The molecular weight excluding hydrogens is 687 g/mol. The number of benzene rings is 2. The molecular formula is C37H43ClF3N5O5. The molecule has 1 N–H and O–H groups in total. The average Bonchev–Trinajstić information content (AvgIpc) is 3.95. The highest BCUT2D eigenvalue weighted by atomic mass is 35.5. The first-order valence-corrected chi connectivity index (χ1v) is 17.9. The van der Waals surface area contributed by atoms with E-state index in [1.54, 1.807) is 12.0 Å². The molecule has 3 saturated heterocycles. The molecule has 0 radical (unpaired) electrons. The van der Waals surface area contributed by atoms with E-state index < -0.39 is 12.8 Å². The van der Waals surface area contributed by atoms with Gasteiger partial charge in [-0.3, -0.25) is 4.79 Å². The van der Waals surface area contributed by atoms with Crippen LogP contribution in [0, 0.1) is 5.41 Å². The zero-order valence-electron chi connectivity index (χ0n) is 28.7. The van der Waals surface area contributed by atoms with Gasteiger partial charge in [0.1, 0.15) is 23.2 Å². The Bertz CT molecular complexity index is 1780. The van der Waals surface area contributed by atoms with E-state index >= 15 is 0 Å². The summed E-state index contributed by atoms with van der Waals surface area (Å²) in [5.41, 5.74) is 1.74. The van der Waals surface area contributed by atoms with Crippen LogP contribution in [0.2, 0.25) is 5.02 Å². The summed E-state index contributed by atoms with van der Waals surface area (Å²) in [5.74, 6) is 0.434. The third kappa shape index (κ3) is 7.71. The van der Waals surface area contributed by atoms with Gasteiger partial charge in [0.25, 0.3) is 0 Å². The van der Waals surface area contributed by atoms with Crippen LogP contribution in [-0.2, 0) is 9.53 Å². The summed E-state index contributed by atoms with van der Waals surface area (Å²) < 4.78 is 59.0. The van der Waals surface area contributed by atoms with Crippen molar-refractivity contribution in [3.8, 4) is 28.6 Å². The Morgan fingerprint density at radius 3 is 2.47 bits per heavy atom. The van der Waals surface area contributed by atoms with Gasteiger partial charge in [-0.25, -0.2) is 0 Å². The van der Waals surface area contributed by atoms with Gasteiger partial charge in [0.2, 0.25) is 5.91 Å². The number of carbonyl (C=O) groups is 1. The summed E-state index contributed by atoms with van der Waals surface area (Å²) in [4.78, 5) is 28.2. The molecule has 1 aliphatic carbocycles. The molecule has 274 valence electrons. The molecule has 10 nitrogen and oxygen atoms in total. The molecule has 7 rings (SSSR count). The largest absolute Gasteiger partial charge is 0.508 e. The van der Waals surface area contributed by atoms with Gasteiger partial charge < -0.3 is 34.0 Å². The summed E-state index contributed by atoms with van der Waals surface area (Å²) in [6.07, 6.45) is 1.32. The van der Waals surface area contributed by atoms with E-state index in [9.17, 15) is 23.1 Å². The van der Waals surface area contributed by atoms with E-state index in [1.807, 2.05) is 6.07 Å². The summed E-state index contributed by atoms with van der Waals surface area (Å²) in [5, 5.41) is 11.3. The van der Waals surface area contributed by atoms with Crippen molar-refractivity contribution in [2.24, 2.45) is 5.41 Å². The van der Waals surface area contributed by atoms with Crippen molar-refractivity contribution in [3.05, 3.63) is 47.5 Å². The molecule has 1 saturated carbocycles. The number of hydrogen-bond acceptors (Lipinski definition) is 9. The zero-order valence-corrected chi connectivity index (χ0v) is 29.4. The maximum absolute atomic E-state index is 13.9. The molecule has 0 bridgehead atoms. The number of carbonyl (C=O) groups excluding carboxylic acids is 1. The highest BCUT2D eigenvalue weighted by molar-refractivity contribution is 6.33. The third-order valence-corrected chi connectivity index (χ3v) is 11.0. The molecule has 0 atom stereocenters. The van der Waals surface area contributed by atoms with Crippen molar-refractivity contribution in [3.63, 3.8) is 0 Å². The van der Waals surface area contributed by atoms with Crippen molar-refractivity contribution in [2.45, 2.75) is 56.7 Å². The number of rotatable bonds is 11. The fourth-order valence-electron chi connectivity index (χ4n) is 7.69. The number of hydrogen-bond donors (Lipinski definition) is 1. The van der Waals surface area contributed by atoms with Crippen LogP contribution in [0.4, 0.5) is 19.0 Å². The van der Waals surface area contributed by atoms with Gasteiger partial charge in [-0.1, -0.05) is 18.2 Å². The Hall–Kier alpha value is -3.81. The number of fused-ring (bicyclic) bond motifs is 1. The van der Waals surface area contributed by atoms with Gasteiger partial charge in [-0.2, -0.15) is 23.1 Å². The van der Waals surface area contributed by atoms with Gasteiger partial charge in [-0.05, 0) is 80.3 Å². The average molecular weight is 730 g/mol. The van der Waals surface area contributed by atoms with Crippen LogP contribution in [-0.4, -0.2) is 109 Å². The molecule has 1 spiro atoms. The quantitative estimate of drug-likeness (QED) is 0.220. The highest BCUT2D eigenvalue weighted by Gasteiger charge is 2.46. The number of phenols is 1. The monoisotopic (exact) mass is 729 g/mol. The Morgan fingerprint density at radius 1 is 1.10 bits per heavy atom. The smallest absolute Gasteiger partial charge is 0.422 e. The maximum Gasteiger partial charge on any atom is 0.422 e. The molecule has 4 heterocycles. The number of anilines is 1. The Morgan fingerprint density at radius 2 is 1.82 bits per heavy atom. The number of methoxy groups -OCH3 is 1. The van der Waals surface area contributed by atoms with Crippen LogP contribution in [0.3, 0.4) is 0 Å². The second-order valence-electron chi connectivity index (χ2n) is 14.3. The van der Waals surface area contributed by atoms with Crippen LogP contribution in [0.1, 0.15) is 50.0 Å². The number of amides is 1. The standard InChI is InChI=1S/C37H43ClF3N5O5/c1-3-30(48)46-20-36(21-46)10-14-45(15-11-36)34-28-19-26(23-4-5-23)31(27-18-24(47)6-7-29(27)38)33(50-22-37(39,40)41)32(28)42-35(43-34)51-25-8-12-44(13-9-25)16-17-49-2/h3,6-7,18-19,23,25,47H,1,4-5,8-17,20-22H2,2H3. The van der Waals surface area contributed by atoms with Crippen molar-refractivity contribution in [1.82, 2.24) is 19.8 Å². The summed E-state index contributed by atoms with van der Waals surface area (Å²) in [7, 11) is 1.68. The van der Waals surface area contributed by atoms with Crippen LogP contribution < -0.4 is 14.4 Å². The van der Waals surface area contributed by atoms with Gasteiger partial charge in [0.05, 0.1) is 6.61 Å². The molecule has 1 amide bonds. The lowest BCUT2D eigenvalue weighted by Gasteiger charge is -2.54. The molecule has 4 fully saturated rings. The second-order valence-corrected chi connectivity index (χ2v) is 14.7. The maximum atomic E-state index is 13.9. The first-order chi connectivity index (χ1) is 24.5. The Labute approximate surface area is 300 Å². The molecule has 3 aromatic rings. The third-order valence-electron chi connectivity index (χ3n) is 10.6. The minimum absolute atomic E-state index is 0.00744. The topological polar surface area (TPSA) is 100 Å².